The Hall–Kier alpha value is -1.57. The summed E-state index contributed by atoms with van der Waals surface area (Å²) in [5.74, 6) is 1.54. The molecule has 1 aliphatic rings. The second kappa shape index (κ2) is 11.9. The van der Waals surface area contributed by atoms with Crippen LogP contribution in [0.2, 0.25) is 0 Å². The van der Waals surface area contributed by atoms with Crippen LogP contribution in [0.15, 0.2) is 42.7 Å². The van der Waals surface area contributed by atoms with Crippen molar-refractivity contribution in [1.82, 2.24) is 9.78 Å². The average Bonchev–Trinajstić information content (AvgIpc) is 3.04. The van der Waals surface area contributed by atoms with Gasteiger partial charge in [0.2, 0.25) is 0 Å². The minimum absolute atomic E-state index is 0.659. The van der Waals surface area contributed by atoms with Crippen LogP contribution in [0.25, 0.3) is 0 Å². The van der Waals surface area contributed by atoms with Crippen molar-refractivity contribution in [3.8, 4) is 0 Å². The molecule has 0 unspecified atom stereocenters. The molecule has 0 saturated heterocycles. The Bertz CT molecular complexity index is 522. The van der Waals surface area contributed by atoms with Gasteiger partial charge in [-0.15, -0.1) is 0 Å². The Kier molecular flexibility index (Phi) is 10.1. The highest BCUT2D eigenvalue weighted by atomic mass is 15.3. The van der Waals surface area contributed by atoms with Gasteiger partial charge in [-0.3, -0.25) is 4.68 Å². The maximum Gasteiger partial charge on any atom is 0.0518 e. The van der Waals surface area contributed by atoms with E-state index in [9.17, 15) is 0 Å². The van der Waals surface area contributed by atoms with Gasteiger partial charge in [0.05, 0.1) is 6.20 Å². The highest BCUT2D eigenvalue weighted by Gasteiger charge is 2.13. The fourth-order valence-electron chi connectivity index (χ4n) is 3.04. The molecule has 0 atom stereocenters. The number of hydrogen-bond donors (Lipinski definition) is 0. The molecule has 0 spiro atoms. The molecule has 134 valence electrons. The summed E-state index contributed by atoms with van der Waals surface area (Å²) in [5.41, 5.74) is 2.69. The molecule has 0 bridgehead atoms. The van der Waals surface area contributed by atoms with E-state index < -0.39 is 0 Å². The third kappa shape index (κ3) is 7.81. The zero-order valence-corrected chi connectivity index (χ0v) is 16.3. The van der Waals surface area contributed by atoms with Crippen molar-refractivity contribution in [1.29, 1.82) is 0 Å². The second-order valence-corrected chi connectivity index (χ2v) is 6.81. The van der Waals surface area contributed by atoms with Gasteiger partial charge < -0.3 is 0 Å². The zero-order chi connectivity index (χ0) is 17.8. The molecule has 1 aromatic heterocycles. The van der Waals surface area contributed by atoms with E-state index >= 15 is 0 Å². The Morgan fingerprint density at radius 1 is 1.04 bits per heavy atom. The predicted octanol–water partition coefficient (Wildman–Crippen LogP) is 6.61. The van der Waals surface area contributed by atoms with Crippen molar-refractivity contribution in [2.24, 2.45) is 5.92 Å². The minimum Gasteiger partial charge on any atom is -0.272 e. The number of aryl methyl sites for hydroxylation is 1. The van der Waals surface area contributed by atoms with Crippen molar-refractivity contribution in [2.45, 2.75) is 79.2 Å². The number of rotatable bonds is 3. The van der Waals surface area contributed by atoms with Crippen LogP contribution >= 0.6 is 0 Å². The van der Waals surface area contributed by atoms with Gasteiger partial charge >= 0.3 is 0 Å². The molecule has 1 aliphatic carbocycles. The molecule has 2 aromatic rings. The van der Waals surface area contributed by atoms with E-state index in [1.807, 2.05) is 26.1 Å². The van der Waals surface area contributed by atoms with Gasteiger partial charge in [-0.1, -0.05) is 77.3 Å². The molecule has 0 N–H and O–H groups in total. The van der Waals surface area contributed by atoms with Crippen LogP contribution in [0.1, 0.15) is 76.8 Å². The second-order valence-electron chi connectivity index (χ2n) is 6.81. The molecular weight excluding hydrogens is 292 g/mol. The van der Waals surface area contributed by atoms with Crippen molar-refractivity contribution >= 4 is 0 Å². The normalized spacial score (nSPS) is 14.4. The van der Waals surface area contributed by atoms with Gasteiger partial charge in [0, 0.05) is 12.7 Å². The first-order valence-corrected chi connectivity index (χ1v) is 9.69. The summed E-state index contributed by atoms with van der Waals surface area (Å²) in [6.07, 6.45) is 11.2. The molecule has 0 aliphatic heterocycles. The quantitative estimate of drug-likeness (QED) is 0.620. The van der Waals surface area contributed by atoms with Crippen LogP contribution < -0.4 is 0 Å². The average molecular weight is 329 g/mol. The number of benzene rings is 1. The zero-order valence-electron chi connectivity index (χ0n) is 16.3. The summed E-state index contributed by atoms with van der Waals surface area (Å²) in [4.78, 5) is 0. The van der Waals surface area contributed by atoms with E-state index in [0.717, 1.165) is 12.5 Å². The summed E-state index contributed by atoms with van der Waals surface area (Å²) >= 11 is 0. The SMILES string of the molecule is CC.CC(C)c1ccccc1.Cc1cnn(CC2CCCCC2)c1. The molecule has 1 saturated carbocycles. The van der Waals surface area contributed by atoms with E-state index in [2.05, 4.69) is 61.0 Å². The van der Waals surface area contributed by atoms with Gasteiger partial charge in [0.15, 0.2) is 0 Å². The predicted molar refractivity (Wildman–Crippen MR) is 105 cm³/mol. The molecule has 0 amide bonds. The van der Waals surface area contributed by atoms with Crippen LogP contribution in [-0.2, 0) is 6.54 Å². The number of nitrogens with zero attached hydrogens (tertiary/aromatic N) is 2. The molecule has 2 heteroatoms. The lowest BCUT2D eigenvalue weighted by atomic mass is 9.89. The van der Waals surface area contributed by atoms with Crippen LogP contribution in [0, 0.1) is 12.8 Å². The van der Waals surface area contributed by atoms with Gasteiger partial charge in [0.1, 0.15) is 0 Å². The molecule has 1 fully saturated rings. The third-order valence-corrected chi connectivity index (χ3v) is 4.40. The summed E-state index contributed by atoms with van der Waals surface area (Å²) in [6, 6.07) is 10.5. The maximum absolute atomic E-state index is 4.33. The lowest BCUT2D eigenvalue weighted by Crippen LogP contribution is -2.14. The van der Waals surface area contributed by atoms with Crippen LogP contribution in [-0.4, -0.2) is 9.78 Å². The summed E-state index contributed by atoms with van der Waals surface area (Å²) in [6.45, 7) is 11.6. The Balaban J connectivity index is 0.000000230. The summed E-state index contributed by atoms with van der Waals surface area (Å²) in [5, 5.41) is 4.33. The minimum atomic E-state index is 0.659. The van der Waals surface area contributed by atoms with Crippen LogP contribution in [0.5, 0.6) is 0 Å². The first-order chi connectivity index (χ1) is 11.6. The van der Waals surface area contributed by atoms with E-state index in [0.29, 0.717) is 5.92 Å². The molecular formula is C22H36N2. The number of hydrogen-bond acceptors (Lipinski definition) is 1. The Labute approximate surface area is 149 Å². The first-order valence-electron chi connectivity index (χ1n) is 9.69. The molecule has 2 nitrogen and oxygen atoms in total. The fraction of sp³-hybridized carbons (Fsp3) is 0.591. The summed E-state index contributed by atoms with van der Waals surface area (Å²) in [7, 11) is 0. The molecule has 24 heavy (non-hydrogen) atoms. The van der Waals surface area contributed by atoms with E-state index in [4.69, 9.17) is 0 Å². The topological polar surface area (TPSA) is 17.8 Å². The first kappa shape index (κ1) is 20.5. The van der Waals surface area contributed by atoms with Gasteiger partial charge in [0.25, 0.3) is 0 Å². The van der Waals surface area contributed by atoms with E-state index in [1.54, 1.807) is 0 Å². The Morgan fingerprint density at radius 3 is 2.12 bits per heavy atom. The fourth-order valence-corrected chi connectivity index (χ4v) is 3.04. The van der Waals surface area contributed by atoms with Crippen LogP contribution in [0.3, 0.4) is 0 Å². The molecule has 0 radical (unpaired) electrons. The maximum atomic E-state index is 4.33. The highest BCUT2D eigenvalue weighted by Crippen LogP contribution is 2.24. The third-order valence-electron chi connectivity index (χ3n) is 4.40. The smallest absolute Gasteiger partial charge is 0.0518 e. The lowest BCUT2D eigenvalue weighted by molar-refractivity contribution is 0.308. The van der Waals surface area contributed by atoms with Gasteiger partial charge in [-0.2, -0.15) is 5.10 Å². The molecule has 1 heterocycles. The van der Waals surface area contributed by atoms with Crippen molar-refractivity contribution in [2.75, 3.05) is 0 Å². The summed E-state index contributed by atoms with van der Waals surface area (Å²) < 4.78 is 2.10. The monoisotopic (exact) mass is 328 g/mol. The molecule has 1 aromatic carbocycles. The van der Waals surface area contributed by atoms with Gasteiger partial charge in [-0.25, -0.2) is 0 Å². The van der Waals surface area contributed by atoms with Crippen LogP contribution in [0.4, 0.5) is 0 Å². The largest absolute Gasteiger partial charge is 0.272 e. The molecule has 3 rings (SSSR count). The van der Waals surface area contributed by atoms with Gasteiger partial charge in [-0.05, 0) is 42.7 Å². The Morgan fingerprint density at radius 2 is 1.67 bits per heavy atom. The van der Waals surface area contributed by atoms with Crippen molar-refractivity contribution in [3.63, 3.8) is 0 Å². The van der Waals surface area contributed by atoms with E-state index in [1.165, 1.54) is 43.2 Å². The van der Waals surface area contributed by atoms with Crippen molar-refractivity contribution < 1.29 is 0 Å². The lowest BCUT2D eigenvalue weighted by Gasteiger charge is -2.21. The standard InChI is InChI=1S/C11H18N2.C9H12.C2H6/c1-10-7-12-13(8-10)9-11-5-3-2-4-6-11;1-8(2)9-6-4-3-5-7-9;1-2/h7-8,11H,2-6,9H2,1H3;3-8H,1-2H3;1-2H3. The van der Waals surface area contributed by atoms with E-state index in [-0.39, 0.29) is 0 Å². The highest BCUT2D eigenvalue weighted by molar-refractivity contribution is 5.17. The number of aromatic nitrogens is 2. The van der Waals surface area contributed by atoms with Crippen molar-refractivity contribution in [3.05, 3.63) is 53.9 Å².